The molecule has 1 heterocycles. The second kappa shape index (κ2) is 4.17. The van der Waals surface area contributed by atoms with Crippen molar-refractivity contribution in [3.05, 3.63) is 33.2 Å². The molecule has 3 nitrogen and oxygen atoms in total. The number of hydrogen-bond donors (Lipinski definition) is 2. The number of nitrogens with two attached hydrogens (primary N) is 1. The number of pyridine rings is 1. The number of hydrogen-bond acceptors (Lipinski definition) is 3. The molecule has 0 amide bonds. The molecular formula is C13H13BrFN3. The average Bonchev–Trinajstić information content (AvgIpc) is 2.81. The van der Waals surface area contributed by atoms with Crippen molar-refractivity contribution in [2.45, 2.75) is 26.2 Å². The van der Waals surface area contributed by atoms with Gasteiger partial charge in [0, 0.05) is 5.69 Å². The van der Waals surface area contributed by atoms with Gasteiger partial charge < -0.3 is 5.43 Å². The van der Waals surface area contributed by atoms with Gasteiger partial charge in [0.05, 0.1) is 21.1 Å². The lowest BCUT2D eigenvalue weighted by Crippen LogP contribution is -2.12. The van der Waals surface area contributed by atoms with Gasteiger partial charge >= 0.3 is 0 Å². The highest BCUT2D eigenvalue weighted by Crippen LogP contribution is 2.38. The molecule has 0 fully saturated rings. The summed E-state index contributed by atoms with van der Waals surface area (Å²) < 4.78 is 14.8. The van der Waals surface area contributed by atoms with Gasteiger partial charge in [-0.2, -0.15) is 0 Å². The molecule has 0 saturated carbocycles. The van der Waals surface area contributed by atoms with Crippen molar-refractivity contribution >= 4 is 32.5 Å². The predicted molar refractivity (Wildman–Crippen MR) is 74.0 cm³/mol. The SMILES string of the molecule is Cc1cc(Br)c(F)c2c(NN)c3c(nc12)CCC3. The van der Waals surface area contributed by atoms with Crippen molar-refractivity contribution in [3.8, 4) is 0 Å². The Hall–Kier alpha value is -1.20. The Morgan fingerprint density at radius 3 is 2.94 bits per heavy atom. The highest BCUT2D eigenvalue weighted by atomic mass is 79.9. The van der Waals surface area contributed by atoms with Gasteiger partial charge in [-0.1, -0.05) is 0 Å². The van der Waals surface area contributed by atoms with E-state index in [0.717, 1.165) is 36.1 Å². The summed E-state index contributed by atoms with van der Waals surface area (Å²) in [6, 6.07) is 1.76. The fraction of sp³-hybridized carbons (Fsp3) is 0.308. The Morgan fingerprint density at radius 2 is 2.22 bits per heavy atom. The summed E-state index contributed by atoms with van der Waals surface area (Å²) in [4.78, 5) is 4.61. The number of rotatable bonds is 1. The Labute approximate surface area is 113 Å². The van der Waals surface area contributed by atoms with E-state index in [1.807, 2.05) is 6.92 Å². The van der Waals surface area contributed by atoms with Crippen LogP contribution in [-0.4, -0.2) is 4.98 Å². The number of benzene rings is 1. The van der Waals surface area contributed by atoms with Gasteiger partial charge in [-0.05, 0) is 59.3 Å². The largest absolute Gasteiger partial charge is 0.323 e. The number of halogens is 2. The zero-order valence-electron chi connectivity index (χ0n) is 9.98. The predicted octanol–water partition coefficient (Wildman–Crippen LogP) is 3.22. The van der Waals surface area contributed by atoms with Gasteiger partial charge in [0.15, 0.2) is 0 Å². The molecule has 0 spiro atoms. The van der Waals surface area contributed by atoms with E-state index in [0.29, 0.717) is 21.1 Å². The second-order valence-electron chi connectivity index (χ2n) is 4.62. The third-order valence-corrected chi connectivity index (χ3v) is 4.09. The first-order valence-electron chi connectivity index (χ1n) is 5.90. The van der Waals surface area contributed by atoms with Crippen LogP contribution in [0, 0.1) is 12.7 Å². The monoisotopic (exact) mass is 309 g/mol. The molecule has 0 radical (unpaired) electrons. The highest BCUT2D eigenvalue weighted by molar-refractivity contribution is 9.10. The van der Waals surface area contributed by atoms with E-state index in [-0.39, 0.29) is 5.82 Å². The molecular weight excluding hydrogens is 297 g/mol. The summed E-state index contributed by atoms with van der Waals surface area (Å²) in [6.45, 7) is 1.93. The van der Waals surface area contributed by atoms with Crippen LogP contribution in [0.1, 0.15) is 23.2 Å². The van der Waals surface area contributed by atoms with Crippen molar-refractivity contribution < 1.29 is 4.39 Å². The van der Waals surface area contributed by atoms with Gasteiger partial charge in [0.2, 0.25) is 0 Å². The van der Waals surface area contributed by atoms with Crippen LogP contribution >= 0.6 is 15.9 Å². The zero-order valence-corrected chi connectivity index (χ0v) is 11.6. The second-order valence-corrected chi connectivity index (χ2v) is 5.48. The lowest BCUT2D eigenvalue weighted by molar-refractivity contribution is 0.632. The minimum atomic E-state index is -0.300. The van der Waals surface area contributed by atoms with Crippen molar-refractivity contribution in [1.29, 1.82) is 0 Å². The standard InChI is InChI=1S/C13H13BrFN3/c1-6-5-8(14)11(15)10-12(6)17-9-4-2-3-7(9)13(10)18-16/h5H,2-4,16H2,1H3,(H,17,18). The minimum absolute atomic E-state index is 0.300. The van der Waals surface area contributed by atoms with Crippen molar-refractivity contribution in [2.24, 2.45) is 5.84 Å². The normalized spacial score (nSPS) is 14.0. The Morgan fingerprint density at radius 1 is 1.44 bits per heavy atom. The molecule has 1 aromatic carbocycles. The average molecular weight is 310 g/mol. The van der Waals surface area contributed by atoms with Crippen molar-refractivity contribution in [2.75, 3.05) is 5.43 Å². The van der Waals surface area contributed by atoms with Gasteiger partial charge in [-0.3, -0.25) is 10.8 Å². The van der Waals surface area contributed by atoms with Gasteiger partial charge in [0.25, 0.3) is 0 Å². The van der Waals surface area contributed by atoms with E-state index in [1.54, 1.807) is 6.07 Å². The zero-order chi connectivity index (χ0) is 12.9. The quantitative estimate of drug-likeness (QED) is 0.628. The lowest BCUT2D eigenvalue weighted by atomic mass is 10.0. The van der Waals surface area contributed by atoms with Crippen LogP contribution in [0.3, 0.4) is 0 Å². The molecule has 5 heteroatoms. The fourth-order valence-electron chi connectivity index (χ4n) is 2.68. The number of anilines is 1. The van der Waals surface area contributed by atoms with E-state index in [2.05, 4.69) is 26.3 Å². The highest BCUT2D eigenvalue weighted by Gasteiger charge is 2.22. The van der Waals surface area contributed by atoms with Gasteiger partial charge in [0.1, 0.15) is 5.82 Å². The maximum atomic E-state index is 14.3. The van der Waals surface area contributed by atoms with E-state index >= 15 is 0 Å². The third kappa shape index (κ3) is 1.54. The van der Waals surface area contributed by atoms with Gasteiger partial charge in [-0.25, -0.2) is 4.39 Å². The van der Waals surface area contributed by atoms with Crippen LogP contribution in [0.25, 0.3) is 10.9 Å². The maximum absolute atomic E-state index is 14.3. The topological polar surface area (TPSA) is 50.9 Å². The van der Waals surface area contributed by atoms with Crippen LogP contribution in [0.5, 0.6) is 0 Å². The summed E-state index contributed by atoms with van der Waals surface area (Å²) in [7, 11) is 0. The van der Waals surface area contributed by atoms with Gasteiger partial charge in [-0.15, -0.1) is 0 Å². The molecule has 0 unspecified atom stereocenters. The molecule has 1 aliphatic carbocycles. The number of hydrazine groups is 1. The number of aryl methyl sites for hydroxylation is 2. The number of aromatic nitrogens is 1. The molecule has 0 atom stereocenters. The number of nitrogen functional groups attached to an aromatic ring is 1. The molecule has 0 bridgehead atoms. The molecule has 3 N–H and O–H groups in total. The van der Waals surface area contributed by atoms with Crippen LogP contribution in [-0.2, 0) is 12.8 Å². The smallest absolute Gasteiger partial charge is 0.148 e. The summed E-state index contributed by atoms with van der Waals surface area (Å²) >= 11 is 3.24. The van der Waals surface area contributed by atoms with Crippen LogP contribution < -0.4 is 11.3 Å². The molecule has 3 rings (SSSR count). The Bertz CT molecular complexity index is 655. The van der Waals surface area contributed by atoms with Crippen molar-refractivity contribution in [3.63, 3.8) is 0 Å². The molecule has 18 heavy (non-hydrogen) atoms. The third-order valence-electron chi connectivity index (χ3n) is 3.51. The fourth-order valence-corrected chi connectivity index (χ4v) is 3.22. The molecule has 1 aromatic heterocycles. The number of nitrogens with zero attached hydrogens (tertiary/aromatic N) is 1. The summed E-state index contributed by atoms with van der Waals surface area (Å²) in [6.07, 6.45) is 2.90. The summed E-state index contributed by atoms with van der Waals surface area (Å²) in [5.74, 6) is 5.30. The Kier molecular flexibility index (Phi) is 2.75. The van der Waals surface area contributed by atoms with Crippen LogP contribution in [0.4, 0.5) is 10.1 Å². The minimum Gasteiger partial charge on any atom is -0.323 e. The van der Waals surface area contributed by atoms with E-state index in [9.17, 15) is 4.39 Å². The number of fused-ring (bicyclic) bond motifs is 2. The molecule has 2 aromatic rings. The first kappa shape index (κ1) is 11.9. The maximum Gasteiger partial charge on any atom is 0.148 e. The first-order chi connectivity index (χ1) is 8.63. The lowest BCUT2D eigenvalue weighted by Gasteiger charge is -2.14. The number of nitrogens with one attached hydrogen (secondary N) is 1. The van der Waals surface area contributed by atoms with E-state index < -0.39 is 0 Å². The van der Waals surface area contributed by atoms with Crippen LogP contribution in [0.15, 0.2) is 10.5 Å². The molecule has 94 valence electrons. The summed E-state index contributed by atoms with van der Waals surface area (Å²) in [5, 5.41) is 0.491. The van der Waals surface area contributed by atoms with E-state index in [1.165, 1.54) is 0 Å². The van der Waals surface area contributed by atoms with Crippen molar-refractivity contribution in [1.82, 2.24) is 4.98 Å². The Balaban J connectivity index is 2.51. The van der Waals surface area contributed by atoms with Crippen LogP contribution in [0.2, 0.25) is 0 Å². The summed E-state index contributed by atoms with van der Waals surface area (Å²) in [5.41, 5.74) is 7.10. The molecule has 0 aliphatic heterocycles. The molecule has 0 saturated heterocycles. The first-order valence-corrected chi connectivity index (χ1v) is 6.69. The molecule has 1 aliphatic rings. The van der Waals surface area contributed by atoms with E-state index in [4.69, 9.17) is 5.84 Å².